The fourth-order valence-electron chi connectivity index (χ4n) is 2.47. The van der Waals surface area contributed by atoms with Crippen LogP contribution in [0.2, 0.25) is 0 Å². The number of nitrogen functional groups attached to an aromatic ring is 1. The Morgan fingerprint density at radius 3 is 2.62 bits per heavy atom. The van der Waals surface area contributed by atoms with Crippen molar-refractivity contribution in [3.8, 4) is 0 Å². The summed E-state index contributed by atoms with van der Waals surface area (Å²) in [6.07, 6.45) is 6.41. The molecular formula is C17H26N4. The summed E-state index contributed by atoms with van der Waals surface area (Å²) in [4.78, 5) is 8.56. The zero-order valence-corrected chi connectivity index (χ0v) is 13.1. The van der Waals surface area contributed by atoms with Crippen LogP contribution in [0.3, 0.4) is 0 Å². The van der Waals surface area contributed by atoms with E-state index in [1.54, 1.807) is 0 Å². The molecule has 0 saturated heterocycles. The molecule has 0 aliphatic rings. The number of rotatable bonds is 8. The smallest absolute Gasteiger partial charge is 0.222 e. The molecule has 1 heterocycles. The topological polar surface area (TPSA) is 63.8 Å². The number of benzene rings is 1. The van der Waals surface area contributed by atoms with Crippen LogP contribution < -0.4 is 11.1 Å². The van der Waals surface area contributed by atoms with Gasteiger partial charge in [-0.2, -0.15) is 4.98 Å². The van der Waals surface area contributed by atoms with Crippen molar-refractivity contribution >= 4 is 22.7 Å². The Labute approximate surface area is 127 Å². The summed E-state index contributed by atoms with van der Waals surface area (Å²) in [5.41, 5.74) is 6.65. The van der Waals surface area contributed by atoms with Gasteiger partial charge >= 0.3 is 0 Å². The van der Waals surface area contributed by atoms with Gasteiger partial charge in [-0.1, -0.05) is 51.7 Å². The van der Waals surface area contributed by atoms with Gasteiger partial charge in [-0.15, -0.1) is 0 Å². The average Bonchev–Trinajstić information content (AvgIpc) is 2.45. The number of hydrogen-bond donors (Lipinski definition) is 2. The predicted molar refractivity (Wildman–Crippen MR) is 90.4 cm³/mol. The molecule has 0 atom stereocenters. The molecule has 0 radical (unpaired) electrons. The number of hydrogen-bond acceptors (Lipinski definition) is 4. The molecule has 0 aliphatic carbocycles. The highest BCUT2D eigenvalue weighted by Crippen LogP contribution is 2.20. The molecule has 2 rings (SSSR count). The molecule has 0 aliphatic heterocycles. The van der Waals surface area contributed by atoms with E-state index in [9.17, 15) is 0 Å². The maximum Gasteiger partial charge on any atom is 0.222 e. The molecule has 0 spiro atoms. The number of nitrogens with two attached hydrogens (primary N) is 1. The van der Waals surface area contributed by atoms with Gasteiger partial charge in [0.1, 0.15) is 5.82 Å². The number of nitrogens with one attached hydrogen (secondary N) is 1. The van der Waals surface area contributed by atoms with E-state index in [0.29, 0.717) is 5.95 Å². The Morgan fingerprint density at radius 2 is 1.81 bits per heavy atom. The minimum Gasteiger partial charge on any atom is -0.369 e. The molecule has 1 aromatic heterocycles. The second-order valence-corrected chi connectivity index (χ2v) is 5.97. The molecule has 0 saturated carbocycles. The first kappa shape index (κ1) is 15.5. The van der Waals surface area contributed by atoms with Crippen molar-refractivity contribution in [2.24, 2.45) is 5.92 Å². The third-order valence-electron chi connectivity index (χ3n) is 3.62. The van der Waals surface area contributed by atoms with E-state index in [1.807, 2.05) is 24.3 Å². The molecule has 0 fully saturated rings. The third-order valence-corrected chi connectivity index (χ3v) is 3.62. The number of para-hydroxylation sites is 1. The first-order valence-electron chi connectivity index (χ1n) is 7.93. The summed E-state index contributed by atoms with van der Waals surface area (Å²) in [6, 6.07) is 7.95. The normalized spacial score (nSPS) is 11.2. The van der Waals surface area contributed by atoms with Crippen LogP contribution >= 0.6 is 0 Å². The van der Waals surface area contributed by atoms with Crippen molar-refractivity contribution in [2.75, 3.05) is 17.6 Å². The minimum atomic E-state index is 0.327. The third kappa shape index (κ3) is 4.88. The van der Waals surface area contributed by atoms with E-state index in [4.69, 9.17) is 5.73 Å². The lowest BCUT2D eigenvalue weighted by Crippen LogP contribution is -2.06. The summed E-state index contributed by atoms with van der Waals surface area (Å²) in [5.74, 6) is 1.99. The first-order chi connectivity index (χ1) is 10.2. The molecule has 114 valence electrons. The molecule has 2 aromatic rings. The van der Waals surface area contributed by atoms with Crippen molar-refractivity contribution < 1.29 is 0 Å². The van der Waals surface area contributed by atoms with Crippen molar-refractivity contribution in [2.45, 2.75) is 46.0 Å². The van der Waals surface area contributed by atoms with E-state index in [-0.39, 0.29) is 0 Å². The van der Waals surface area contributed by atoms with Crippen LogP contribution in [0.1, 0.15) is 46.0 Å². The average molecular weight is 286 g/mol. The molecule has 1 aromatic carbocycles. The summed E-state index contributed by atoms with van der Waals surface area (Å²) in [6.45, 7) is 5.50. The summed E-state index contributed by atoms with van der Waals surface area (Å²) in [5, 5.41) is 4.43. The van der Waals surface area contributed by atoms with E-state index < -0.39 is 0 Å². The van der Waals surface area contributed by atoms with Crippen molar-refractivity contribution in [1.82, 2.24) is 9.97 Å². The van der Waals surface area contributed by atoms with Crippen LogP contribution in [0.15, 0.2) is 24.3 Å². The van der Waals surface area contributed by atoms with Gasteiger partial charge in [0.05, 0.1) is 5.52 Å². The van der Waals surface area contributed by atoms with Gasteiger partial charge in [-0.25, -0.2) is 4.98 Å². The monoisotopic (exact) mass is 286 g/mol. The zero-order chi connectivity index (χ0) is 15.1. The summed E-state index contributed by atoms with van der Waals surface area (Å²) < 4.78 is 0. The molecule has 0 unspecified atom stereocenters. The van der Waals surface area contributed by atoms with Gasteiger partial charge < -0.3 is 11.1 Å². The second kappa shape index (κ2) is 7.81. The van der Waals surface area contributed by atoms with Crippen LogP contribution in [0.25, 0.3) is 10.9 Å². The van der Waals surface area contributed by atoms with E-state index in [2.05, 4.69) is 29.1 Å². The maximum absolute atomic E-state index is 5.76. The molecule has 0 amide bonds. The quantitative estimate of drug-likeness (QED) is 0.713. The van der Waals surface area contributed by atoms with E-state index in [1.165, 1.54) is 25.7 Å². The van der Waals surface area contributed by atoms with Crippen LogP contribution in [0.5, 0.6) is 0 Å². The van der Waals surface area contributed by atoms with E-state index >= 15 is 0 Å². The fourth-order valence-corrected chi connectivity index (χ4v) is 2.47. The van der Waals surface area contributed by atoms with Crippen LogP contribution in [0.4, 0.5) is 11.8 Å². The lowest BCUT2D eigenvalue weighted by Gasteiger charge is -2.09. The van der Waals surface area contributed by atoms with Gasteiger partial charge in [0.2, 0.25) is 5.95 Å². The van der Waals surface area contributed by atoms with Gasteiger partial charge in [0.15, 0.2) is 0 Å². The molecule has 21 heavy (non-hydrogen) atoms. The number of nitrogens with zero attached hydrogens (tertiary/aromatic N) is 2. The largest absolute Gasteiger partial charge is 0.369 e. The van der Waals surface area contributed by atoms with Gasteiger partial charge in [-0.05, 0) is 24.5 Å². The summed E-state index contributed by atoms with van der Waals surface area (Å²) >= 11 is 0. The highest BCUT2D eigenvalue weighted by atomic mass is 15.1. The number of unbranched alkanes of at least 4 members (excludes halogenated alkanes) is 3. The Kier molecular flexibility index (Phi) is 5.78. The van der Waals surface area contributed by atoms with E-state index in [0.717, 1.165) is 35.6 Å². The molecular weight excluding hydrogens is 260 g/mol. The lowest BCUT2D eigenvalue weighted by molar-refractivity contribution is 0.523. The van der Waals surface area contributed by atoms with Gasteiger partial charge in [0, 0.05) is 11.9 Å². The lowest BCUT2D eigenvalue weighted by atomic mass is 10.0. The molecule has 4 heteroatoms. The minimum absolute atomic E-state index is 0.327. The highest BCUT2D eigenvalue weighted by Gasteiger charge is 2.04. The highest BCUT2D eigenvalue weighted by molar-refractivity contribution is 5.89. The Balaban J connectivity index is 1.81. The van der Waals surface area contributed by atoms with Gasteiger partial charge in [-0.3, -0.25) is 0 Å². The summed E-state index contributed by atoms with van der Waals surface area (Å²) in [7, 11) is 0. The molecule has 4 nitrogen and oxygen atoms in total. The zero-order valence-electron chi connectivity index (χ0n) is 13.1. The standard InChI is InChI=1S/C17H26N4/c1-13(2)9-5-3-4-8-12-19-16-14-10-6-7-11-15(14)20-17(18)21-16/h6-7,10-11,13H,3-5,8-9,12H2,1-2H3,(H3,18,19,20,21). The molecule has 0 bridgehead atoms. The van der Waals surface area contributed by atoms with Gasteiger partial charge in [0.25, 0.3) is 0 Å². The van der Waals surface area contributed by atoms with Crippen LogP contribution in [-0.4, -0.2) is 16.5 Å². The number of fused-ring (bicyclic) bond motifs is 1. The Hall–Kier alpha value is -1.84. The molecule has 3 N–H and O–H groups in total. The second-order valence-electron chi connectivity index (χ2n) is 5.97. The maximum atomic E-state index is 5.76. The number of anilines is 2. The fraction of sp³-hybridized carbons (Fsp3) is 0.529. The predicted octanol–water partition coefficient (Wildman–Crippen LogP) is 4.23. The number of aromatic nitrogens is 2. The SMILES string of the molecule is CC(C)CCCCCCNc1nc(N)nc2ccccc12. The van der Waals surface area contributed by atoms with Crippen molar-refractivity contribution in [1.29, 1.82) is 0 Å². The van der Waals surface area contributed by atoms with Crippen molar-refractivity contribution in [3.05, 3.63) is 24.3 Å². The Morgan fingerprint density at radius 1 is 1.05 bits per heavy atom. The Bertz CT molecular complexity index is 566. The first-order valence-corrected chi connectivity index (χ1v) is 7.93. The van der Waals surface area contributed by atoms with Crippen molar-refractivity contribution in [3.63, 3.8) is 0 Å². The van der Waals surface area contributed by atoms with Crippen LogP contribution in [-0.2, 0) is 0 Å². The van der Waals surface area contributed by atoms with Crippen LogP contribution in [0, 0.1) is 5.92 Å².